The van der Waals surface area contributed by atoms with Gasteiger partial charge in [0.25, 0.3) is 0 Å². The lowest BCUT2D eigenvalue weighted by Gasteiger charge is -2.21. The molecule has 0 radical (unpaired) electrons. The van der Waals surface area contributed by atoms with Gasteiger partial charge in [0.1, 0.15) is 0 Å². The number of thioether (sulfide) groups is 2. The molecule has 0 atom stereocenters. The molecule has 0 unspecified atom stereocenters. The summed E-state index contributed by atoms with van der Waals surface area (Å²) >= 11 is 4.04. The van der Waals surface area contributed by atoms with E-state index in [4.69, 9.17) is 0 Å². The van der Waals surface area contributed by atoms with Crippen molar-refractivity contribution in [2.24, 2.45) is 0 Å². The molecule has 0 rings (SSSR count). The van der Waals surface area contributed by atoms with Crippen molar-refractivity contribution >= 4 is 23.5 Å². The van der Waals surface area contributed by atoms with Crippen LogP contribution in [0, 0.1) is 0 Å². The highest BCUT2D eigenvalue weighted by atomic mass is 32.2. The normalized spacial score (nSPS) is 12.0. The first-order valence-electron chi connectivity index (χ1n) is 3.40. The molecule has 2 heteroatoms. The Hall–Kier alpha value is 0.700. The Morgan fingerprint density at radius 1 is 1.00 bits per heavy atom. The Balaban J connectivity index is 3.43. The minimum Gasteiger partial charge on any atom is -0.145 e. The molecule has 0 aromatic heterocycles. The van der Waals surface area contributed by atoms with Gasteiger partial charge in [-0.25, -0.2) is 0 Å². The number of hydrogen-bond donors (Lipinski definition) is 0. The summed E-state index contributed by atoms with van der Waals surface area (Å²) < 4.78 is 0.434. The van der Waals surface area contributed by atoms with Gasteiger partial charge in [0.05, 0.1) is 4.08 Å². The largest absolute Gasteiger partial charge is 0.145 e. The van der Waals surface area contributed by atoms with Crippen LogP contribution in [0.3, 0.4) is 0 Å². The molecule has 0 aliphatic rings. The van der Waals surface area contributed by atoms with Crippen molar-refractivity contribution in [3.8, 4) is 0 Å². The second-order valence-electron chi connectivity index (χ2n) is 2.27. The zero-order valence-electron chi connectivity index (χ0n) is 6.73. The Labute approximate surface area is 67.2 Å². The second kappa shape index (κ2) is 4.51. The van der Waals surface area contributed by atoms with Gasteiger partial charge in [0.15, 0.2) is 0 Å². The van der Waals surface area contributed by atoms with Crippen LogP contribution in [0.2, 0.25) is 0 Å². The predicted molar refractivity (Wildman–Crippen MR) is 50.3 cm³/mol. The first kappa shape index (κ1) is 9.70. The highest BCUT2D eigenvalue weighted by Crippen LogP contribution is 2.35. The lowest BCUT2D eigenvalue weighted by molar-refractivity contribution is 1.02. The zero-order valence-corrected chi connectivity index (χ0v) is 8.36. The average molecular weight is 164 g/mol. The molecule has 0 amide bonds. The summed E-state index contributed by atoms with van der Waals surface area (Å²) in [6.45, 7) is 9.00. The molecule has 0 nitrogen and oxygen atoms in total. The van der Waals surface area contributed by atoms with E-state index in [-0.39, 0.29) is 0 Å². The lowest BCUT2D eigenvalue weighted by atomic mass is 10.5. The molecular weight excluding hydrogens is 148 g/mol. The van der Waals surface area contributed by atoms with E-state index >= 15 is 0 Å². The SMILES string of the molecule is CCSC(C)(C)SCC. The number of hydrogen-bond acceptors (Lipinski definition) is 2. The molecule has 0 saturated heterocycles. The van der Waals surface area contributed by atoms with Gasteiger partial charge < -0.3 is 0 Å². The van der Waals surface area contributed by atoms with E-state index in [2.05, 4.69) is 27.7 Å². The monoisotopic (exact) mass is 164 g/mol. The molecule has 0 aromatic rings. The summed E-state index contributed by atoms with van der Waals surface area (Å²) in [4.78, 5) is 0. The standard InChI is InChI=1S/C7H16S2/c1-5-8-7(3,4)9-6-2/h5-6H2,1-4H3. The van der Waals surface area contributed by atoms with Crippen LogP contribution in [0.15, 0.2) is 0 Å². The van der Waals surface area contributed by atoms with Crippen molar-refractivity contribution in [3.63, 3.8) is 0 Å². The van der Waals surface area contributed by atoms with Crippen molar-refractivity contribution in [3.05, 3.63) is 0 Å². The molecule has 0 aromatic carbocycles. The third-order valence-corrected chi connectivity index (χ3v) is 3.66. The van der Waals surface area contributed by atoms with E-state index in [0.717, 1.165) is 0 Å². The first-order chi connectivity index (χ1) is 4.12. The van der Waals surface area contributed by atoms with Gasteiger partial charge in [-0.15, -0.1) is 23.5 Å². The Morgan fingerprint density at radius 2 is 1.33 bits per heavy atom. The lowest BCUT2D eigenvalue weighted by Crippen LogP contribution is -2.08. The Morgan fingerprint density at radius 3 is 1.56 bits per heavy atom. The highest BCUT2D eigenvalue weighted by molar-refractivity contribution is 8.18. The molecule has 0 bridgehead atoms. The van der Waals surface area contributed by atoms with Crippen LogP contribution in [0.4, 0.5) is 0 Å². The molecule has 9 heavy (non-hydrogen) atoms. The predicted octanol–water partition coefficient (Wildman–Crippen LogP) is 3.23. The fourth-order valence-electron chi connectivity index (χ4n) is 0.737. The summed E-state index contributed by atoms with van der Waals surface area (Å²) in [6, 6.07) is 0. The van der Waals surface area contributed by atoms with Crippen LogP contribution in [0.25, 0.3) is 0 Å². The Kier molecular flexibility index (Phi) is 4.86. The molecular formula is C7H16S2. The first-order valence-corrected chi connectivity index (χ1v) is 5.37. The minimum absolute atomic E-state index is 0.434. The van der Waals surface area contributed by atoms with Crippen molar-refractivity contribution in [2.75, 3.05) is 11.5 Å². The molecule has 56 valence electrons. The molecule has 0 aliphatic heterocycles. The van der Waals surface area contributed by atoms with Crippen LogP contribution in [-0.4, -0.2) is 15.6 Å². The topological polar surface area (TPSA) is 0 Å². The second-order valence-corrected chi connectivity index (χ2v) is 6.30. The molecule has 0 spiro atoms. The van der Waals surface area contributed by atoms with Gasteiger partial charge in [0, 0.05) is 0 Å². The summed E-state index contributed by atoms with van der Waals surface area (Å²) in [6.07, 6.45) is 0. The molecule has 0 aliphatic carbocycles. The van der Waals surface area contributed by atoms with Gasteiger partial charge in [0.2, 0.25) is 0 Å². The smallest absolute Gasteiger partial charge is 0.0554 e. The van der Waals surface area contributed by atoms with Crippen LogP contribution in [-0.2, 0) is 0 Å². The van der Waals surface area contributed by atoms with E-state index < -0.39 is 0 Å². The van der Waals surface area contributed by atoms with Crippen molar-refractivity contribution in [1.82, 2.24) is 0 Å². The van der Waals surface area contributed by atoms with Crippen LogP contribution >= 0.6 is 23.5 Å². The van der Waals surface area contributed by atoms with Crippen LogP contribution in [0.5, 0.6) is 0 Å². The maximum absolute atomic E-state index is 2.29. The third-order valence-electron chi connectivity index (χ3n) is 0.984. The van der Waals surface area contributed by atoms with Crippen molar-refractivity contribution < 1.29 is 0 Å². The molecule has 0 heterocycles. The van der Waals surface area contributed by atoms with E-state index in [9.17, 15) is 0 Å². The maximum Gasteiger partial charge on any atom is 0.0554 e. The van der Waals surface area contributed by atoms with E-state index in [1.165, 1.54) is 11.5 Å². The summed E-state index contributed by atoms with van der Waals surface area (Å²) in [5.41, 5.74) is 0. The summed E-state index contributed by atoms with van der Waals surface area (Å²) in [7, 11) is 0. The molecule has 0 N–H and O–H groups in total. The third kappa shape index (κ3) is 5.16. The highest BCUT2D eigenvalue weighted by Gasteiger charge is 2.15. The van der Waals surface area contributed by atoms with Crippen LogP contribution < -0.4 is 0 Å². The molecule has 0 saturated carbocycles. The minimum atomic E-state index is 0.434. The maximum atomic E-state index is 2.29. The van der Waals surface area contributed by atoms with Gasteiger partial charge >= 0.3 is 0 Å². The van der Waals surface area contributed by atoms with E-state index in [0.29, 0.717) is 4.08 Å². The Bertz CT molecular complexity index is 61.3. The average Bonchev–Trinajstić information content (AvgIpc) is 1.64. The van der Waals surface area contributed by atoms with Crippen molar-refractivity contribution in [2.45, 2.75) is 31.8 Å². The number of rotatable bonds is 4. The van der Waals surface area contributed by atoms with E-state index in [1.54, 1.807) is 0 Å². The van der Waals surface area contributed by atoms with Gasteiger partial charge in [-0.05, 0) is 25.4 Å². The quantitative estimate of drug-likeness (QED) is 0.585. The fourth-order valence-corrected chi connectivity index (χ4v) is 3.17. The van der Waals surface area contributed by atoms with Gasteiger partial charge in [-0.1, -0.05) is 13.8 Å². The van der Waals surface area contributed by atoms with E-state index in [1.807, 2.05) is 23.5 Å². The van der Waals surface area contributed by atoms with Crippen molar-refractivity contribution in [1.29, 1.82) is 0 Å². The van der Waals surface area contributed by atoms with Gasteiger partial charge in [-0.2, -0.15) is 0 Å². The van der Waals surface area contributed by atoms with Crippen LogP contribution in [0.1, 0.15) is 27.7 Å². The fraction of sp³-hybridized carbons (Fsp3) is 1.00. The summed E-state index contributed by atoms with van der Waals surface area (Å²) in [5, 5.41) is 0. The molecule has 0 fully saturated rings. The zero-order chi connectivity index (χ0) is 7.33. The summed E-state index contributed by atoms with van der Waals surface area (Å²) in [5.74, 6) is 2.44. The van der Waals surface area contributed by atoms with Gasteiger partial charge in [-0.3, -0.25) is 0 Å².